The number of ketones is 1. The monoisotopic (exact) mass is 377 g/mol. The van der Waals surface area contributed by atoms with Gasteiger partial charge in [-0.05, 0) is 44.0 Å². The van der Waals surface area contributed by atoms with Gasteiger partial charge in [-0.2, -0.15) is 0 Å². The van der Waals surface area contributed by atoms with Crippen molar-refractivity contribution in [3.05, 3.63) is 65.4 Å². The third-order valence-corrected chi connectivity index (χ3v) is 5.60. The van der Waals surface area contributed by atoms with Gasteiger partial charge in [0.2, 0.25) is 0 Å². The zero-order chi connectivity index (χ0) is 19.0. The molecule has 4 aromatic rings. The van der Waals surface area contributed by atoms with E-state index in [1.165, 1.54) is 17.3 Å². The van der Waals surface area contributed by atoms with Crippen LogP contribution < -0.4 is 0 Å². The van der Waals surface area contributed by atoms with Gasteiger partial charge in [-0.25, -0.2) is 0 Å². The number of fused-ring (bicyclic) bond motifs is 1. The van der Waals surface area contributed by atoms with Crippen molar-refractivity contribution in [2.75, 3.05) is 0 Å². The molecule has 0 bridgehead atoms. The molecule has 1 unspecified atom stereocenters. The fourth-order valence-electron chi connectivity index (χ4n) is 2.95. The van der Waals surface area contributed by atoms with Crippen LogP contribution in [0.15, 0.2) is 58.3 Å². The number of aromatic nitrogens is 3. The molecule has 0 fully saturated rings. The van der Waals surface area contributed by atoms with Gasteiger partial charge in [-0.1, -0.05) is 42.1 Å². The van der Waals surface area contributed by atoms with E-state index >= 15 is 0 Å². The molecular formula is C21H19N3O2S. The van der Waals surface area contributed by atoms with E-state index < -0.39 is 0 Å². The van der Waals surface area contributed by atoms with Gasteiger partial charge >= 0.3 is 0 Å². The molecule has 0 saturated carbocycles. The number of carbonyl (C=O) groups excluding carboxylic acids is 1. The summed E-state index contributed by atoms with van der Waals surface area (Å²) in [5.41, 5.74) is 4.86. The number of rotatable bonds is 5. The summed E-state index contributed by atoms with van der Waals surface area (Å²) in [5, 5.41) is 9.36. The summed E-state index contributed by atoms with van der Waals surface area (Å²) in [7, 11) is 0. The van der Waals surface area contributed by atoms with E-state index in [-0.39, 0.29) is 11.0 Å². The van der Waals surface area contributed by atoms with E-state index in [2.05, 4.69) is 15.2 Å². The molecule has 136 valence electrons. The van der Waals surface area contributed by atoms with Crippen LogP contribution in [-0.2, 0) is 0 Å². The predicted octanol–water partition coefficient (Wildman–Crippen LogP) is 5.20. The molecule has 27 heavy (non-hydrogen) atoms. The van der Waals surface area contributed by atoms with Crippen molar-refractivity contribution < 1.29 is 9.21 Å². The largest absolute Gasteiger partial charge is 0.411 e. The van der Waals surface area contributed by atoms with Gasteiger partial charge in [0.05, 0.1) is 10.8 Å². The average Bonchev–Trinajstić information content (AvgIpc) is 3.30. The molecule has 1 atom stereocenters. The molecule has 2 heterocycles. The second-order valence-corrected chi connectivity index (χ2v) is 7.84. The van der Waals surface area contributed by atoms with Crippen molar-refractivity contribution in [1.82, 2.24) is 15.2 Å². The normalized spacial score (nSPS) is 12.4. The lowest BCUT2D eigenvalue weighted by Crippen LogP contribution is -2.13. The molecule has 5 nitrogen and oxygen atoms in total. The van der Waals surface area contributed by atoms with Crippen LogP contribution in [0.1, 0.15) is 28.4 Å². The summed E-state index contributed by atoms with van der Waals surface area (Å²) in [6.45, 7) is 5.90. The summed E-state index contributed by atoms with van der Waals surface area (Å²) in [4.78, 5) is 15.9. The Kier molecular flexibility index (Phi) is 4.58. The fraction of sp³-hybridized carbons (Fsp3) is 0.190. The van der Waals surface area contributed by atoms with E-state index in [1.807, 2.05) is 69.4 Å². The number of para-hydroxylation sites is 1. The van der Waals surface area contributed by atoms with Gasteiger partial charge in [-0.15, -0.1) is 10.2 Å². The Morgan fingerprint density at radius 2 is 1.93 bits per heavy atom. The van der Waals surface area contributed by atoms with Gasteiger partial charge < -0.3 is 9.40 Å². The highest BCUT2D eigenvalue weighted by Gasteiger charge is 2.21. The van der Waals surface area contributed by atoms with Crippen LogP contribution in [0, 0.1) is 13.8 Å². The average molecular weight is 377 g/mol. The van der Waals surface area contributed by atoms with Gasteiger partial charge in [0.1, 0.15) is 0 Å². The van der Waals surface area contributed by atoms with E-state index in [9.17, 15) is 4.79 Å². The summed E-state index contributed by atoms with van der Waals surface area (Å²) in [5.74, 6) is 0.496. The molecule has 0 radical (unpaired) electrons. The Balaban J connectivity index is 1.53. The zero-order valence-electron chi connectivity index (χ0n) is 15.3. The highest BCUT2D eigenvalue weighted by Crippen LogP contribution is 2.31. The maximum Gasteiger partial charge on any atom is 0.277 e. The number of nitrogens with zero attached hydrogens (tertiary/aromatic N) is 2. The lowest BCUT2D eigenvalue weighted by Gasteiger charge is -2.09. The summed E-state index contributed by atoms with van der Waals surface area (Å²) >= 11 is 1.28. The molecular weight excluding hydrogens is 358 g/mol. The number of nitrogens with one attached hydrogen (secondary N) is 1. The number of aryl methyl sites for hydroxylation is 2. The summed E-state index contributed by atoms with van der Waals surface area (Å²) < 4.78 is 5.80. The third kappa shape index (κ3) is 3.40. The van der Waals surface area contributed by atoms with Crippen LogP contribution in [-0.4, -0.2) is 26.2 Å². The molecule has 2 aromatic heterocycles. The van der Waals surface area contributed by atoms with Crippen molar-refractivity contribution in [2.24, 2.45) is 0 Å². The molecule has 0 spiro atoms. The molecule has 2 aromatic carbocycles. The van der Waals surface area contributed by atoms with Crippen LogP contribution in [0.3, 0.4) is 0 Å². The number of benzene rings is 2. The number of carbonyl (C=O) groups is 1. The highest BCUT2D eigenvalue weighted by molar-refractivity contribution is 8.00. The van der Waals surface area contributed by atoms with E-state index in [1.54, 1.807) is 0 Å². The van der Waals surface area contributed by atoms with Crippen molar-refractivity contribution in [3.8, 4) is 11.5 Å². The van der Waals surface area contributed by atoms with Crippen LogP contribution in [0.25, 0.3) is 22.4 Å². The minimum absolute atomic E-state index is 0.0509. The van der Waals surface area contributed by atoms with Gasteiger partial charge in [-0.3, -0.25) is 4.79 Å². The van der Waals surface area contributed by atoms with Crippen molar-refractivity contribution >= 4 is 28.4 Å². The van der Waals surface area contributed by atoms with Gasteiger partial charge in [0, 0.05) is 22.7 Å². The number of H-pyrrole nitrogens is 1. The van der Waals surface area contributed by atoms with Crippen LogP contribution in [0.5, 0.6) is 0 Å². The lowest BCUT2D eigenvalue weighted by atomic mass is 10.0. The second-order valence-electron chi connectivity index (χ2n) is 6.54. The Morgan fingerprint density at radius 1 is 1.11 bits per heavy atom. The first kappa shape index (κ1) is 17.5. The SMILES string of the molecule is Cc1ccc(C(=O)C(C)Sc2nnc(-c3c[nH]c4ccccc34)o2)cc1C. The Labute approximate surface area is 161 Å². The fourth-order valence-corrected chi connectivity index (χ4v) is 3.71. The Hall–Kier alpha value is -2.86. The first-order valence-corrected chi connectivity index (χ1v) is 9.59. The maximum absolute atomic E-state index is 12.7. The van der Waals surface area contributed by atoms with Crippen molar-refractivity contribution in [1.29, 1.82) is 0 Å². The van der Waals surface area contributed by atoms with Crippen LogP contribution >= 0.6 is 11.8 Å². The summed E-state index contributed by atoms with van der Waals surface area (Å²) in [6, 6.07) is 13.7. The molecule has 1 N–H and O–H groups in total. The molecule has 0 aliphatic carbocycles. The number of aromatic amines is 1. The van der Waals surface area contributed by atoms with E-state index in [0.717, 1.165) is 22.0 Å². The molecule has 4 rings (SSSR count). The standard InChI is InChI=1S/C21H19N3O2S/c1-12-8-9-15(10-13(12)2)19(25)14(3)27-21-24-23-20(26-21)17-11-22-18-7-5-4-6-16(17)18/h4-11,14,22H,1-3H3. The number of thioether (sulfide) groups is 1. The smallest absolute Gasteiger partial charge is 0.277 e. The van der Waals surface area contributed by atoms with E-state index in [4.69, 9.17) is 4.42 Å². The first-order valence-electron chi connectivity index (χ1n) is 8.71. The third-order valence-electron chi connectivity index (χ3n) is 4.66. The number of hydrogen-bond acceptors (Lipinski definition) is 5. The lowest BCUT2D eigenvalue weighted by molar-refractivity contribution is 0.0993. The zero-order valence-corrected chi connectivity index (χ0v) is 16.1. The quantitative estimate of drug-likeness (QED) is 0.382. The number of hydrogen-bond donors (Lipinski definition) is 1. The molecule has 0 aliphatic heterocycles. The van der Waals surface area contributed by atoms with Gasteiger partial charge in [0.25, 0.3) is 11.1 Å². The Bertz CT molecular complexity index is 1130. The minimum atomic E-state index is -0.316. The highest BCUT2D eigenvalue weighted by atomic mass is 32.2. The van der Waals surface area contributed by atoms with Crippen LogP contribution in [0.2, 0.25) is 0 Å². The van der Waals surface area contributed by atoms with Crippen molar-refractivity contribution in [3.63, 3.8) is 0 Å². The first-order chi connectivity index (χ1) is 13.0. The summed E-state index contributed by atoms with van der Waals surface area (Å²) in [6.07, 6.45) is 1.86. The molecule has 6 heteroatoms. The molecule has 0 amide bonds. The van der Waals surface area contributed by atoms with Gasteiger partial charge in [0.15, 0.2) is 5.78 Å². The van der Waals surface area contributed by atoms with Crippen LogP contribution in [0.4, 0.5) is 0 Å². The Morgan fingerprint density at radius 3 is 2.74 bits per heavy atom. The molecule has 0 aliphatic rings. The predicted molar refractivity (Wildman–Crippen MR) is 107 cm³/mol. The second kappa shape index (κ2) is 7.04. The van der Waals surface area contributed by atoms with Crippen molar-refractivity contribution in [2.45, 2.75) is 31.2 Å². The number of Topliss-reactive ketones (excluding diaryl/α,β-unsaturated/α-hetero) is 1. The minimum Gasteiger partial charge on any atom is -0.411 e. The maximum atomic E-state index is 12.7. The molecule has 0 saturated heterocycles. The topological polar surface area (TPSA) is 71.8 Å². The van der Waals surface area contributed by atoms with E-state index in [0.29, 0.717) is 16.7 Å².